The van der Waals surface area contributed by atoms with Crippen molar-refractivity contribution in [2.45, 2.75) is 102 Å². The molecule has 0 bridgehead atoms. The van der Waals surface area contributed by atoms with Crippen LogP contribution in [0.4, 0.5) is 20.2 Å². The van der Waals surface area contributed by atoms with Crippen molar-refractivity contribution in [3.05, 3.63) is 82.1 Å². The molecule has 6 heterocycles. The average Bonchev–Trinajstić information content (AvgIpc) is 3.87. The number of nitrogens with two attached hydrogens (primary N) is 1. The minimum absolute atomic E-state index is 0.0489. The number of carbonyl (C=O) groups is 2. The Hall–Kier alpha value is -5.50. The minimum Gasteiger partial charge on any atom is -0.478 e. The topological polar surface area (TPSA) is 195 Å². The lowest BCUT2D eigenvalue weighted by molar-refractivity contribution is 0.0697. The Labute approximate surface area is 373 Å². The van der Waals surface area contributed by atoms with Crippen molar-refractivity contribution in [1.29, 1.82) is 0 Å². The first-order chi connectivity index (χ1) is 30.3. The van der Waals surface area contributed by atoms with Gasteiger partial charge in [-0.25, -0.2) is 33.5 Å². The molecule has 0 radical (unpaired) electrons. The van der Waals surface area contributed by atoms with Crippen LogP contribution in [0.5, 0.6) is 11.8 Å². The fraction of sp³-hybridized carbons (Fsp3) is 0.455. The highest BCUT2D eigenvalue weighted by molar-refractivity contribution is 7.19. The lowest BCUT2D eigenvalue weighted by Gasteiger charge is -2.32. The molecular weight excluding hydrogens is 851 g/mol. The van der Waals surface area contributed by atoms with E-state index < -0.39 is 23.5 Å². The molecule has 2 fully saturated rings. The second-order valence-corrected chi connectivity index (χ2v) is 17.9. The quantitative estimate of drug-likeness (QED) is 0.112. The first kappa shape index (κ1) is 47.0. The van der Waals surface area contributed by atoms with E-state index in [1.54, 1.807) is 0 Å². The molecule has 2 aliphatic carbocycles. The van der Waals surface area contributed by atoms with Crippen molar-refractivity contribution >= 4 is 66.4 Å². The number of ether oxygens (including phenoxy) is 2. The average molecular weight is 905 g/mol. The number of amides is 1. The summed E-state index contributed by atoms with van der Waals surface area (Å²) in [6.45, 7) is 3.93. The van der Waals surface area contributed by atoms with Gasteiger partial charge in [0.25, 0.3) is 5.91 Å². The number of carbonyl (C=O) groups excluding carboxylic acids is 1. The zero-order valence-corrected chi connectivity index (χ0v) is 37.9. The molecule has 8 rings (SSSR count). The van der Waals surface area contributed by atoms with Gasteiger partial charge in [0.2, 0.25) is 11.8 Å². The summed E-state index contributed by atoms with van der Waals surface area (Å²) in [6, 6.07) is 4.01. The summed E-state index contributed by atoms with van der Waals surface area (Å²) in [4.78, 5) is 56.9. The van der Waals surface area contributed by atoms with Gasteiger partial charge in [-0.1, -0.05) is 13.8 Å². The van der Waals surface area contributed by atoms with Gasteiger partial charge in [0.1, 0.15) is 34.5 Å². The summed E-state index contributed by atoms with van der Waals surface area (Å²) in [5.74, 6) is -1.54. The van der Waals surface area contributed by atoms with E-state index in [1.165, 1.54) is 59.9 Å². The summed E-state index contributed by atoms with van der Waals surface area (Å²) in [5, 5.41) is 13.4. The zero-order chi connectivity index (χ0) is 45.2. The molecule has 2 aliphatic rings. The van der Waals surface area contributed by atoms with Crippen LogP contribution in [0.25, 0.3) is 20.4 Å². The van der Waals surface area contributed by atoms with E-state index in [0.717, 1.165) is 73.5 Å². The predicted molar refractivity (Wildman–Crippen MR) is 242 cm³/mol. The molecule has 1 amide bonds. The number of nitrogen functional groups attached to an aromatic ring is 1. The van der Waals surface area contributed by atoms with Crippen LogP contribution in [0, 0.1) is 11.6 Å². The summed E-state index contributed by atoms with van der Waals surface area (Å²) < 4.78 is 38.6. The number of aryl methyl sites for hydroxylation is 2. The fourth-order valence-electron chi connectivity index (χ4n) is 7.77. The molecule has 0 aliphatic heterocycles. The van der Waals surface area contributed by atoms with Gasteiger partial charge in [0, 0.05) is 34.2 Å². The number of carboxylic acid groups (broad SMARTS) is 1. The summed E-state index contributed by atoms with van der Waals surface area (Å²) in [5.41, 5.74) is 6.09. The number of nitrogens with zero attached hydrogens (tertiary/aromatic N) is 8. The van der Waals surface area contributed by atoms with Crippen LogP contribution in [0.15, 0.2) is 49.6 Å². The zero-order valence-electron chi connectivity index (χ0n) is 36.3. The van der Waals surface area contributed by atoms with E-state index in [-0.39, 0.29) is 23.6 Å². The molecule has 6 aromatic heterocycles. The van der Waals surface area contributed by atoms with Gasteiger partial charge in [-0.2, -0.15) is 0 Å². The van der Waals surface area contributed by atoms with Gasteiger partial charge in [-0.3, -0.25) is 14.8 Å². The Kier molecular flexibility index (Phi) is 16.2. The lowest BCUT2D eigenvalue weighted by Crippen LogP contribution is -2.35. The third kappa shape index (κ3) is 11.6. The number of halogens is 2. The molecular formula is C44H54F2N10O5S2. The molecule has 19 heteroatoms. The van der Waals surface area contributed by atoms with Crippen molar-refractivity contribution < 1.29 is 33.0 Å². The number of rotatable bonds is 11. The molecule has 15 nitrogen and oxygen atoms in total. The van der Waals surface area contributed by atoms with Crippen molar-refractivity contribution in [1.82, 2.24) is 39.7 Å². The van der Waals surface area contributed by atoms with E-state index in [0.29, 0.717) is 68.2 Å². The van der Waals surface area contributed by atoms with Gasteiger partial charge in [0.05, 0.1) is 45.7 Å². The Bertz CT molecular complexity index is 2470. The predicted octanol–water partition coefficient (Wildman–Crippen LogP) is 8.30. The van der Waals surface area contributed by atoms with Gasteiger partial charge >= 0.3 is 5.97 Å². The van der Waals surface area contributed by atoms with E-state index in [4.69, 9.17) is 15.2 Å². The second kappa shape index (κ2) is 21.7. The molecule has 2 saturated carbocycles. The first-order valence-corrected chi connectivity index (χ1v) is 22.6. The van der Waals surface area contributed by atoms with E-state index >= 15 is 0 Å². The van der Waals surface area contributed by atoms with Crippen LogP contribution in [0.2, 0.25) is 0 Å². The monoisotopic (exact) mass is 904 g/mol. The van der Waals surface area contributed by atoms with Gasteiger partial charge in [-0.05, 0) is 105 Å². The van der Waals surface area contributed by atoms with Gasteiger partial charge in [0.15, 0.2) is 11.6 Å². The number of aromatic nitrogens is 6. The molecule has 0 saturated heterocycles. The number of hydrogen-bond acceptors (Lipinski definition) is 15. The Morgan fingerprint density at radius 3 is 1.60 bits per heavy atom. The summed E-state index contributed by atoms with van der Waals surface area (Å²) >= 11 is 2.86. The third-order valence-electron chi connectivity index (χ3n) is 11.3. The second-order valence-electron chi connectivity index (χ2n) is 15.8. The minimum atomic E-state index is -0.936. The van der Waals surface area contributed by atoms with Crippen LogP contribution < -0.4 is 20.5 Å². The third-order valence-corrected chi connectivity index (χ3v) is 13.7. The number of fused-ring (bicyclic) bond motifs is 2. The molecule has 4 N–H and O–H groups in total. The molecule has 0 aromatic carbocycles. The number of thiophene rings is 2. The number of hydrogen-bond donors (Lipinski definition) is 3. The highest BCUT2D eigenvalue weighted by Gasteiger charge is 2.29. The molecule has 336 valence electrons. The number of nitrogens with one attached hydrogen (secondary N) is 1. The summed E-state index contributed by atoms with van der Waals surface area (Å²) in [7, 11) is 8.43. The standard InChI is InChI=1S/C22H26FN5O2S.C17H23N3O3S.C5H5FN2/c1-4-17-18(20(29)27-16-9-10-24-11-15(16)23)19-21(25-12-26-22(19)31-17)30-14-7-5-13(6-8-14)28(2)3;1-4-12-13(17(21)22)14-15(18-9-19-16(14)24-12)23-11-7-5-10(6-8-11)20(2)3;6-4-3-8-2-1-5(4)7/h9-14H,4-8H2,1-3H3,(H,24,27,29);9-11H,4-8H2,1-3H3,(H,21,22);1-3H,(H2,7,8). The van der Waals surface area contributed by atoms with Crippen LogP contribution in [0.1, 0.15) is 95.7 Å². The Morgan fingerprint density at radius 2 is 1.19 bits per heavy atom. The van der Waals surface area contributed by atoms with Gasteiger partial charge in [-0.15, -0.1) is 22.7 Å². The largest absolute Gasteiger partial charge is 0.478 e. The van der Waals surface area contributed by atoms with Crippen molar-refractivity contribution in [2.24, 2.45) is 0 Å². The number of carboxylic acids is 1. The molecule has 0 atom stereocenters. The molecule has 0 unspecified atom stereocenters. The number of pyridine rings is 2. The van der Waals surface area contributed by atoms with Crippen LogP contribution in [0.3, 0.4) is 0 Å². The SMILES string of the molecule is CCc1sc2ncnc(OC3CCC(N(C)C)CC3)c2c1C(=O)Nc1ccncc1F.CCc1sc2ncnc(OC3CCC(N(C)C)CC3)c2c1C(=O)O.Nc1ccncc1F. The van der Waals surface area contributed by atoms with E-state index in [1.807, 2.05) is 13.8 Å². The van der Waals surface area contributed by atoms with Crippen molar-refractivity contribution in [3.63, 3.8) is 0 Å². The summed E-state index contributed by atoms with van der Waals surface area (Å²) in [6.07, 6.45) is 17.5. The van der Waals surface area contributed by atoms with Crippen LogP contribution in [-0.4, -0.2) is 109 Å². The maximum atomic E-state index is 14.0. The van der Waals surface area contributed by atoms with Crippen molar-refractivity contribution in [2.75, 3.05) is 39.2 Å². The fourth-order valence-corrected chi connectivity index (χ4v) is 9.90. The number of anilines is 2. The molecule has 63 heavy (non-hydrogen) atoms. The highest BCUT2D eigenvalue weighted by atomic mass is 32.1. The highest BCUT2D eigenvalue weighted by Crippen LogP contribution is 2.39. The maximum absolute atomic E-state index is 14.0. The first-order valence-electron chi connectivity index (χ1n) is 21.0. The smallest absolute Gasteiger partial charge is 0.337 e. The van der Waals surface area contributed by atoms with Crippen molar-refractivity contribution in [3.8, 4) is 11.8 Å². The van der Waals surface area contributed by atoms with Crippen LogP contribution >= 0.6 is 22.7 Å². The van der Waals surface area contributed by atoms with Gasteiger partial charge < -0.3 is 35.4 Å². The Morgan fingerprint density at radius 1 is 0.730 bits per heavy atom. The lowest BCUT2D eigenvalue weighted by atomic mass is 9.92. The normalized spacial score (nSPS) is 18.6. The van der Waals surface area contributed by atoms with E-state index in [9.17, 15) is 23.5 Å². The molecule has 0 spiro atoms. The van der Waals surface area contributed by atoms with E-state index in [2.05, 4.69) is 73.2 Å². The van der Waals surface area contributed by atoms with Crippen LogP contribution in [-0.2, 0) is 12.8 Å². The number of aromatic carboxylic acids is 1. The molecule has 6 aromatic rings. The maximum Gasteiger partial charge on any atom is 0.337 e. The Balaban J connectivity index is 0.000000182.